The summed E-state index contributed by atoms with van der Waals surface area (Å²) < 4.78 is 0. The van der Waals surface area contributed by atoms with Gasteiger partial charge in [-0.15, -0.1) is 11.3 Å². The van der Waals surface area contributed by atoms with Crippen LogP contribution in [0.15, 0.2) is 41.8 Å². The second-order valence-electron chi connectivity index (χ2n) is 8.44. The Morgan fingerprint density at radius 1 is 0.933 bits per heavy atom. The zero-order valence-electron chi connectivity index (χ0n) is 17.4. The van der Waals surface area contributed by atoms with Gasteiger partial charge in [0.15, 0.2) is 0 Å². The molecule has 0 radical (unpaired) electrons. The molecule has 0 spiro atoms. The molecule has 5 nitrogen and oxygen atoms in total. The molecule has 1 aliphatic heterocycles. The molecule has 2 amide bonds. The van der Waals surface area contributed by atoms with Gasteiger partial charge >= 0.3 is 0 Å². The molecule has 2 aliphatic rings. The minimum absolute atomic E-state index is 0.0194. The standard InChI is InChI=1S/C24H31N3O2S/c28-23(25-17-18-7-2-1-3-8-18)20-9-4-5-10-21(20)27-14-12-19(13-15-27)26-24(29)22-11-6-16-30-22/h4-6,9-11,16,18-19H,1-3,7-8,12-15,17H2,(H,25,28)(H,26,29). The van der Waals surface area contributed by atoms with Crippen molar-refractivity contribution in [3.63, 3.8) is 0 Å². The quantitative estimate of drug-likeness (QED) is 0.718. The molecular weight excluding hydrogens is 394 g/mol. The summed E-state index contributed by atoms with van der Waals surface area (Å²) in [5, 5.41) is 8.25. The highest BCUT2D eigenvalue weighted by Crippen LogP contribution is 2.26. The Morgan fingerprint density at radius 2 is 1.70 bits per heavy atom. The summed E-state index contributed by atoms with van der Waals surface area (Å²) >= 11 is 1.47. The molecule has 1 saturated heterocycles. The van der Waals surface area contributed by atoms with E-state index < -0.39 is 0 Å². The monoisotopic (exact) mass is 425 g/mol. The highest BCUT2D eigenvalue weighted by molar-refractivity contribution is 7.12. The Balaban J connectivity index is 1.32. The molecule has 4 rings (SSSR count). The van der Waals surface area contributed by atoms with Crippen molar-refractivity contribution in [3.8, 4) is 0 Å². The van der Waals surface area contributed by atoms with Crippen molar-refractivity contribution in [1.82, 2.24) is 10.6 Å². The first-order valence-corrected chi connectivity index (χ1v) is 12.0. The van der Waals surface area contributed by atoms with Gasteiger partial charge in [0.05, 0.1) is 10.4 Å². The average molecular weight is 426 g/mol. The van der Waals surface area contributed by atoms with Gasteiger partial charge in [0.1, 0.15) is 0 Å². The highest BCUT2D eigenvalue weighted by atomic mass is 32.1. The normalized spacial score (nSPS) is 18.2. The molecule has 0 unspecified atom stereocenters. The van der Waals surface area contributed by atoms with Gasteiger partial charge in [-0.05, 0) is 55.2 Å². The number of benzene rings is 1. The second-order valence-corrected chi connectivity index (χ2v) is 9.39. The lowest BCUT2D eigenvalue weighted by Crippen LogP contribution is -2.45. The zero-order chi connectivity index (χ0) is 20.8. The van der Waals surface area contributed by atoms with Crippen molar-refractivity contribution in [1.29, 1.82) is 0 Å². The van der Waals surface area contributed by atoms with Crippen LogP contribution in [0.1, 0.15) is 65.0 Å². The molecule has 2 N–H and O–H groups in total. The number of carbonyl (C=O) groups excluding carboxylic acids is 2. The Kier molecular flexibility index (Phi) is 7.05. The lowest BCUT2D eigenvalue weighted by molar-refractivity contribution is 0.0932. The van der Waals surface area contributed by atoms with Crippen molar-refractivity contribution in [2.75, 3.05) is 24.5 Å². The SMILES string of the molecule is O=C(NC1CCN(c2ccccc2C(=O)NCC2CCCCC2)CC1)c1cccs1. The van der Waals surface area contributed by atoms with Crippen molar-refractivity contribution in [2.24, 2.45) is 5.92 Å². The van der Waals surface area contributed by atoms with E-state index in [1.807, 2.05) is 41.8 Å². The van der Waals surface area contributed by atoms with E-state index in [0.717, 1.165) is 48.6 Å². The maximum absolute atomic E-state index is 12.9. The summed E-state index contributed by atoms with van der Waals surface area (Å²) in [5.74, 6) is 0.674. The average Bonchev–Trinajstić information content (AvgIpc) is 3.34. The Morgan fingerprint density at radius 3 is 2.43 bits per heavy atom. The topological polar surface area (TPSA) is 61.4 Å². The van der Waals surface area contributed by atoms with Crippen LogP contribution in [-0.2, 0) is 0 Å². The number of para-hydroxylation sites is 1. The van der Waals surface area contributed by atoms with Crippen LogP contribution in [0, 0.1) is 5.92 Å². The second kappa shape index (κ2) is 10.1. The van der Waals surface area contributed by atoms with Crippen molar-refractivity contribution < 1.29 is 9.59 Å². The molecule has 6 heteroatoms. The van der Waals surface area contributed by atoms with E-state index in [1.165, 1.54) is 43.4 Å². The van der Waals surface area contributed by atoms with E-state index in [9.17, 15) is 9.59 Å². The van der Waals surface area contributed by atoms with Gasteiger partial charge in [0, 0.05) is 31.4 Å². The van der Waals surface area contributed by atoms with Crippen molar-refractivity contribution >= 4 is 28.8 Å². The number of nitrogens with zero attached hydrogens (tertiary/aromatic N) is 1. The number of anilines is 1. The molecule has 2 aromatic rings. The third kappa shape index (κ3) is 5.22. The molecule has 1 aliphatic carbocycles. The fourth-order valence-electron chi connectivity index (χ4n) is 4.59. The lowest BCUT2D eigenvalue weighted by Gasteiger charge is -2.35. The van der Waals surface area contributed by atoms with Gasteiger partial charge in [0.25, 0.3) is 11.8 Å². The number of carbonyl (C=O) groups is 2. The van der Waals surface area contributed by atoms with Crippen molar-refractivity contribution in [3.05, 3.63) is 52.2 Å². The summed E-state index contributed by atoms with van der Waals surface area (Å²) in [6.45, 7) is 2.45. The molecule has 30 heavy (non-hydrogen) atoms. The maximum atomic E-state index is 12.9. The van der Waals surface area contributed by atoms with Crippen LogP contribution in [0.3, 0.4) is 0 Å². The summed E-state index contributed by atoms with van der Waals surface area (Å²) in [5.41, 5.74) is 1.76. The number of hydrogen-bond acceptors (Lipinski definition) is 4. The van der Waals surface area contributed by atoms with Gasteiger partial charge in [-0.25, -0.2) is 0 Å². The Bertz CT molecular complexity index is 838. The molecule has 160 valence electrons. The van der Waals surface area contributed by atoms with Crippen LogP contribution >= 0.6 is 11.3 Å². The van der Waals surface area contributed by atoms with E-state index in [-0.39, 0.29) is 17.9 Å². The number of rotatable bonds is 6. The van der Waals surface area contributed by atoms with Crippen LogP contribution in [0.5, 0.6) is 0 Å². The van der Waals surface area contributed by atoms with Gasteiger partial charge < -0.3 is 15.5 Å². The maximum Gasteiger partial charge on any atom is 0.261 e. The number of hydrogen-bond donors (Lipinski definition) is 2. The van der Waals surface area contributed by atoms with E-state index in [1.54, 1.807) is 0 Å². The largest absolute Gasteiger partial charge is 0.371 e. The van der Waals surface area contributed by atoms with Gasteiger partial charge in [-0.2, -0.15) is 0 Å². The minimum atomic E-state index is 0.0194. The Labute approximate surface area is 182 Å². The third-order valence-corrected chi connectivity index (χ3v) is 7.21. The molecule has 2 heterocycles. The number of amides is 2. The molecule has 1 saturated carbocycles. The molecule has 0 atom stereocenters. The Hall–Kier alpha value is -2.34. The van der Waals surface area contributed by atoms with Crippen molar-refractivity contribution in [2.45, 2.75) is 51.0 Å². The third-order valence-electron chi connectivity index (χ3n) is 6.34. The summed E-state index contributed by atoms with van der Waals surface area (Å²) in [4.78, 5) is 28.2. The number of nitrogens with one attached hydrogen (secondary N) is 2. The zero-order valence-corrected chi connectivity index (χ0v) is 18.3. The van der Waals surface area contributed by atoms with Crippen LogP contribution < -0.4 is 15.5 Å². The summed E-state index contributed by atoms with van der Waals surface area (Å²) in [7, 11) is 0. The minimum Gasteiger partial charge on any atom is -0.371 e. The van der Waals surface area contributed by atoms with Crippen LogP contribution in [0.2, 0.25) is 0 Å². The van der Waals surface area contributed by atoms with E-state index in [4.69, 9.17) is 0 Å². The van der Waals surface area contributed by atoms with Gasteiger partial charge in [-0.1, -0.05) is 37.5 Å². The van der Waals surface area contributed by atoms with Gasteiger partial charge in [-0.3, -0.25) is 9.59 Å². The predicted molar refractivity (Wildman–Crippen MR) is 122 cm³/mol. The molecule has 1 aromatic carbocycles. The molecule has 2 fully saturated rings. The summed E-state index contributed by atoms with van der Waals surface area (Å²) in [6, 6.07) is 11.8. The van der Waals surface area contributed by atoms with E-state index in [2.05, 4.69) is 15.5 Å². The first-order valence-electron chi connectivity index (χ1n) is 11.2. The summed E-state index contributed by atoms with van der Waals surface area (Å²) in [6.07, 6.45) is 8.13. The fourth-order valence-corrected chi connectivity index (χ4v) is 5.22. The van der Waals surface area contributed by atoms with Crippen LogP contribution in [0.4, 0.5) is 5.69 Å². The van der Waals surface area contributed by atoms with Crippen LogP contribution in [0.25, 0.3) is 0 Å². The molecule has 1 aromatic heterocycles. The first kappa shape index (κ1) is 20.9. The van der Waals surface area contributed by atoms with E-state index in [0.29, 0.717) is 5.92 Å². The first-order chi connectivity index (χ1) is 14.7. The van der Waals surface area contributed by atoms with Gasteiger partial charge in [0.2, 0.25) is 0 Å². The number of piperidine rings is 1. The lowest BCUT2D eigenvalue weighted by atomic mass is 9.89. The highest BCUT2D eigenvalue weighted by Gasteiger charge is 2.24. The predicted octanol–water partition coefficient (Wildman–Crippen LogP) is 4.46. The fraction of sp³-hybridized carbons (Fsp3) is 0.500. The van der Waals surface area contributed by atoms with Crippen LogP contribution in [-0.4, -0.2) is 37.5 Å². The smallest absolute Gasteiger partial charge is 0.261 e. The van der Waals surface area contributed by atoms with E-state index >= 15 is 0 Å². The number of thiophene rings is 1. The molecular formula is C24H31N3O2S. The molecule has 0 bridgehead atoms.